The van der Waals surface area contributed by atoms with E-state index in [1.807, 2.05) is 0 Å². The van der Waals surface area contributed by atoms with Crippen LogP contribution in [0.1, 0.15) is 144 Å². The molecule has 2 N–H and O–H groups in total. The van der Waals surface area contributed by atoms with Gasteiger partial charge in [0.05, 0.1) is 26.2 Å². The molecule has 0 aliphatic rings. The lowest BCUT2D eigenvalue weighted by Crippen LogP contribution is -2.43. The maximum Gasteiger partial charge on any atom is 0.303 e. The zero-order valence-electron chi connectivity index (χ0n) is 33.2. The molecule has 0 fully saturated rings. The topological polar surface area (TPSA) is 151 Å². The van der Waals surface area contributed by atoms with E-state index < -0.39 is 24.1 Å². The minimum absolute atomic E-state index is 0.0879. The number of carbonyl (C=O) groups is 6. The second-order valence-electron chi connectivity index (χ2n) is 13.6. The number of amides is 4. The molecular weight excluding hydrogens is 664 g/mol. The molecule has 0 saturated carbocycles. The number of ether oxygens (including phenoxy) is 2. The van der Waals surface area contributed by atoms with Gasteiger partial charge in [-0.15, -0.1) is 0 Å². The monoisotopic (exact) mass is 735 g/mol. The number of nitrogens with zero attached hydrogens (tertiary/aromatic N) is 2. The molecule has 0 aromatic carbocycles. The van der Waals surface area contributed by atoms with Crippen molar-refractivity contribution in [2.24, 2.45) is 0 Å². The fourth-order valence-electron chi connectivity index (χ4n) is 5.74. The fraction of sp³-hybridized carbons (Fsp3) is 0.750. The molecule has 0 aliphatic carbocycles. The quantitative estimate of drug-likeness (QED) is 0.0488. The second kappa shape index (κ2) is 32.0. The van der Waals surface area contributed by atoms with E-state index in [2.05, 4.69) is 34.9 Å². The summed E-state index contributed by atoms with van der Waals surface area (Å²) in [6, 6.07) is 0. The van der Waals surface area contributed by atoms with Gasteiger partial charge in [0.15, 0.2) is 0 Å². The van der Waals surface area contributed by atoms with Gasteiger partial charge in [-0.25, -0.2) is 0 Å². The molecule has 0 rings (SSSR count). The lowest BCUT2D eigenvalue weighted by Gasteiger charge is -2.26. The SMILES string of the molecule is CC(=O)NCC(CN(CC/C=C\CCCCCCCCCCCCCC/C=C\CCN(CC(CNC(C)=O)OC(C)=O)C(C)=O)C(C)=O)OC(C)=O. The highest BCUT2D eigenvalue weighted by atomic mass is 16.5. The molecule has 0 spiro atoms. The van der Waals surface area contributed by atoms with Gasteiger partial charge in [0.25, 0.3) is 0 Å². The van der Waals surface area contributed by atoms with Crippen molar-refractivity contribution in [3.05, 3.63) is 24.3 Å². The van der Waals surface area contributed by atoms with Crippen molar-refractivity contribution in [3.63, 3.8) is 0 Å². The molecule has 0 saturated heterocycles. The smallest absolute Gasteiger partial charge is 0.303 e. The van der Waals surface area contributed by atoms with Crippen LogP contribution in [0, 0.1) is 0 Å². The minimum atomic E-state index is -0.571. The normalized spacial score (nSPS) is 12.3. The zero-order chi connectivity index (χ0) is 39.0. The van der Waals surface area contributed by atoms with Crippen LogP contribution in [-0.4, -0.2) is 96.8 Å². The lowest BCUT2D eigenvalue weighted by atomic mass is 10.0. The first-order valence-electron chi connectivity index (χ1n) is 19.5. The highest BCUT2D eigenvalue weighted by Crippen LogP contribution is 2.13. The summed E-state index contributed by atoms with van der Waals surface area (Å²) < 4.78 is 10.5. The van der Waals surface area contributed by atoms with E-state index in [4.69, 9.17) is 9.47 Å². The van der Waals surface area contributed by atoms with Crippen molar-refractivity contribution in [3.8, 4) is 0 Å². The number of carbonyl (C=O) groups excluding carboxylic acids is 6. The Balaban J connectivity index is 3.86. The van der Waals surface area contributed by atoms with E-state index in [0.717, 1.165) is 25.7 Å². The number of esters is 2. The van der Waals surface area contributed by atoms with Crippen LogP contribution >= 0.6 is 0 Å². The summed E-state index contributed by atoms with van der Waals surface area (Å²) in [6.45, 7) is 10.4. The molecule has 2 unspecified atom stereocenters. The first kappa shape index (κ1) is 48.3. The van der Waals surface area contributed by atoms with Crippen LogP contribution in [0.5, 0.6) is 0 Å². The molecule has 0 aliphatic heterocycles. The third-order valence-corrected chi connectivity index (χ3v) is 8.52. The molecule has 0 radical (unpaired) electrons. The maximum absolute atomic E-state index is 12.1. The Bertz CT molecular complexity index is 1010. The van der Waals surface area contributed by atoms with Gasteiger partial charge in [-0.3, -0.25) is 28.8 Å². The standard InChI is InChI=1S/C40H70N4O8/c1-33(45)41-29-39(51-37(5)49)31-43(35(3)47)27-25-23-21-19-17-15-13-11-9-7-8-10-12-14-16-18-20-22-24-26-28-44(36(4)48)32-40(52-38(6)50)30-42-34(2)46/h21-24,39-40H,7-20,25-32H2,1-6H3,(H,41,45)(H,42,46)/b23-21-,24-22-. The average Bonchev–Trinajstić information content (AvgIpc) is 3.06. The Morgan fingerprint density at radius 2 is 0.750 bits per heavy atom. The Labute approximate surface area is 313 Å². The Morgan fingerprint density at radius 1 is 0.462 bits per heavy atom. The van der Waals surface area contributed by atoms with Gasteiger partial charge in [0.2, 0.25) is 23.6 Å². The number of nitrogens with one attached hydrogen (secondary N) is 2. The zero-order valence-corrected chi connectivity index (χ0v) is 33.2. The van der Waals surface area contributed by atoms with Gasteiger partial charge >= 0.3 is 11.9 Å². The number of rotatable bonds is 31. The summed E-state index contributed by atoms with van der Waals surface area (Å²) in [5, 5.41) is 5.30. The van der Waals surface area contributed by atoms with E-state index in [1.54, 1.807) is 9.80 Å². The maximum atomic E-state index is 12.1. The van der Waals surface area contributed by atoms with E-state index in [9.17, 15) is 28.8 Å². The predicted octanol–water partition coefficient (Wildman–Crippen LogP) is 6.17. The molecule has 298 valence electrons. The van der Waals surface area contributed by atoms with E-state index in [-0.39, 0.29) is 49.8 Å². The van der Waals surface area contributed by atoms with E-state index in [0.29, 0.717) is 13.1 Å². The van der Waals surface area contributed by atoms with Crippen LogP contribution in [0.3, 0.4) is 0 Å². The Morgan fingerprint density at radius 3 is 1.02 bits per heavy atom. The van der Waals surface area contributed by atoms with Crippen molar-refractivity contribution in [2.75, 3.05) is 39.3 Å². The molecule has 52 heavy (non-hydrogen) atoms. The van der Waals surface area contributed by atoms with Crippen LogP contribution in [0.25, 0.3) is 0 Å². The summed E-state index contributed by atoms with van der Waals surface area (Å²) in [5.41, 5.74) is 0. The molecule has 4 amide bonds. The Hall–Kier alpha value is -3.70. The number of hydrogen-bond acceptors (Lipinski definition) is 8. The lowest BCUT2D eigenvalue weighted by molar-refractivity contribution is -0.149. The van der Waals surface area contributed by atoms with Gasteiger partial charge in [-0.2, -0.15) is 0 Å². The summed E-state index contributed by atoms with van der Waals surface area (Å²) in [4.78, 5) is 72.8. The van der Waals surface area contributed by atoms with E-state index >= 15 is 0 Å². The van der Waals surface area contributed by atoms with Crippen molar-refractivity contribution < 1.29 is 38.2 Å². The summed E-state index contributed by atoms with van der Waals surface area (Å²) in [7, 11) is 0. The van der Waals surface area contributed by atoms with Gasteiger partial charge in [0.1, 0.15) is 12.2 Å². The van der Waals surface area contributed by atoms with Crippen molar-refractivity contribution in [1.82, 2.24) is 20.4 Å². The van der Waals surface area contributed by atoms with Crippen molar-refractivity contribution in [2.45, 2.75) is 156 Å². The van der Waals surface area contributed by atoms with Crippen molar-refractivity contribution >= 4 is 35.6 Å². The summed E-state index contributed by atoms with van der Waals surface area (Å²) in [6.07, 6.45) is 26.1. The summed E-state index contributed by atoms with van der Waals surface area (Å²) >= 11 is 0. The number of hydrogen-bond donors (Lipinski definition) is 2. The van der Waals surface area contributed by atoms with Gasteiger partial charge in [-0.1, -0.05) is 88.5 Å². The number of allylic oxidation sites excluding steroid dienone is 2. The largest absolute Gasteiger partial charge is 0.459 e. The molecule has 0 aromatic heterocycles. The van der Waals surface area contributed by atoms with Crippen LogP contribution in [0.15, 0.2) is 24.3 Å². The summed E-state index contributed by atoms with van der Waals surface area (Å²) in [5.74, 6) is -1.47. The molecule has 0 bridgehead atoms. The third kappa shape index (κ3) is 31.1. The number of unbranched alkanes of at least 4 members (excludes halogenated alkanes) is 13. The molecule has 12 heteroatoms. The predicted molar refractivity (Wildman–Crippen MR) is 205 cm³/mol. The molecule has 12 nitrogen and oxygen atoms in total. The molecule has 0 heterocycles. The average molecular weight is 735 g/mol. The van der Waals surface area contributed by atoms with Gasteiger partial charge < -0.3 is 29.9 Å². The van der Waals surface area contributed by atoms with Gasteiger partial charge in [-0.05, 0) is 38.5 Å². The van der Waals surface area contributed by atoms with Crippen LogP contribution in [0.2, 0.25) is 0 Å². The highest BCUT2D eigenvalue weighted by molar-refractivity contribution is 5.75. The molecular formula is C40H70N4O8. The highest BCUT2D eigenvalue weighted by Gasteiger charge is 2.20. The Kier molecular flexibility index (Phi) is 29.7. The minimum Gasteiger partial charge on any atom is -0.459 e. The molecule has 2 atom stereocenters. The van der Waals surface area contributed by atoms with Gasteiger partial charge in [0, 0.05) is 54.6 Å². The first-order valence-corrected chi connectivity index (χ1v) is 19.5. The fourth-order valence-corrected chi connectivity index (χ4v) is 5.74. The first-order chi connectivity index (χ1) is 24.8. The molecule has 0 aromatic rings. The van der Waals surface area contributed by atoms with Crippen LogP contribution in [0.4, 0.5) is 0 Å². The second-order valence-corrected chi connectivity index (χ2v) is 13.6. The van der Waals surface area contributed by atoms with E-state index in [1.165, 1.54) is 119 Å². The van der Waals surface area contributed by atoms with Crippen LogP contribution < -0.4 is 10.6 Å². The van der Waals surface area contributed by atoms with Crippen molar-refractivity contribution in [1.29, 1.82) is 0 Å². The van der Waals surface area contributed by atoms with Crippen LogP contribution in [-0.2, 0) is 38.2 Å². The third-order valence-electron chi connectivity index (χ3n) is 8.52.